The lowest BCUT2D eigenvalue weighted by Gasteiger charge is -2.33. The third kappa shape index (κ3) is 3.72. The maximum absolute atomic E-state index is 5.94. The number of ether oxygens (including phenoxy) is 1. The van der Waals surface area contributed by atoms with Crippen molar-refractivity contribution in [3.05, 3.63) is 70.8 Å². The molecule has 0 heterocycles. The predicted octanol–water partition coefficient (Wildman–Crippen LogP) is 4.18. The third-order valence-electron chi connectivity index (χ3n) is 3.88. The van der Waals surface area contributed by atoms with E-state index in [1.807, 2.05) is 0 Å². The minimum Gasteiger partial charge on any atom is -0.369 e. The molecular formula is C19H27NO. The van der Waals surface area contributed by atoms with Gasteiger partial charge in [0.2, 0.25) is 0 Å². The van der Waals surface area contributed by atoms with Gasteiger partial charge in [-0.15, -0.1) is 0 Å². The Bertz CT molecular complexity index is 477. The van der Waals surface area contributed by atoms with Gasteiger partial charge in [0.1, 0.15) is 5.60 Å². The maximum Gasteiger partial charge on any atom is 0.117 e. The van der Waals surface area contributed by atoms with Gasteiger partial charge in [0.15, 0.2) is 0 Å². The first kappa shape index (κ1) is 17.4. The van der Waals surface area contributed by atoms with Crippen LogP contribution in [-0.4, -0.2) is 14.2 Å². The van der Waals surface area contributed by atoms with E-state index in [0.29, 0.717) is 0 Å². The summed E-state index contributed by atoms with van der Waals surface area (Å²) in [5.41, 5.74) is 9.13. The zero-order valence-corrected chi connectivity index (χ0v) is 13.8. The van der Waals surface area contributed by atoms with Gasteiger partial charge < -0.3 is 10.5 Å². The van der Waals surface area contributed by atoms with Gasteiger partial charge in [-0.1, -0.05) is 66.6 Å². The predicted molar refractivity (Wildman–Crippen MR) is 90.5 cm³/mol. The molecular weight excluding hydrogens is 258 g/mol. The van der Waals surface area contributed by atoms with Crippen LogP contribution in [0.5, 0.6) is 0 Å². The first-order chi connectivity index (χ1) is 10.1. The second-order valence-electron chi connectivity index (χ2n) is 5.12. The molecule has 0 fully saturated rings. The number of benzene rings is 2. The average molecular weight is 285 g/mol. The van der Waals surface area contributed by atoms with Gasteiger partial charge in [0, 0.05) is 7.11 Å². The topological polar surface area (TPSA) is 35.2 Å². The number of hydrogen-bond acceptors (Lipinski definition) is 2. The summed E-state index contributed by atoms with van der Waals surface area (Å²) in [7, 11) is 3.29. The molecule has 0 saturated carbocycles. The standard InChI is InChI=1S/C18H22O.CH5N/c1-5-18(19-4,16-10-6-14(2)7-11-16)17-12-8-15(3)9-13-17;1-2/h6-13H,5H2,1-4H3;2H2,1H3. The van der Waals surface area contributed by atoms with Crippen molar-refractivity contribution in [1.82, 2.24) is 0 Å². The van der Waals surface area contributed by atoms with Gasteiger partial charge in [-0.05, 0) is 38.4 Å². The highest BCUT2D eigenvalue weighted by molar-refractivity contribution is 5.38. The van der Waals surface area contributed by atoms with Crippen molar-refractivity contribution in [3.63, 3.8) is 0 Å². The summed E-state index contributed by atoms with van der Waals surface area (Å²) < 4.78 is 5.94. The second kappa shape index (κ2) is 7.96. The fourth-order valence-corrected chi connectivity index (χ4v) is 2.60. The van der Waals surface area contributed by atoms with E-state index in [2.05, 4.69) is 75.0 Å². The molecule has 0 radical (unpaired) electrons. The van der Waals surface area contributed by atoms with Crippen molar-refractivity contribution >= 4 is 0 Å². The highest BCUT2D eigenvalue weighted by Crippen LogP contribution is 2.36. The van der Waals surface area contributed by atoms with Crippen molar-refractivity contribution in [2.45, 2.75) is 32.8 Å². The lowest BCUT2D eigenvalue weighted by molar-refractivity contribution is 0.0186. The molecule has 21 heavy (non-hydrogen) atoms. The molecule has 0 aliphatic heterocycles. The van der Waals surface area contributed by atoms with Crippen molar-refractivity contribution < 1.29 is 4.74 Å². The van der Waals surface area contributed by atoms with Crippen molar-refractivity contribution in [2.75, 3.05) is 14.2 Å². The van der Waals surface area contributed by atoms with Crippen LogP contribution >= 0.6 is 0 Å². The molecule has 0 atom stereocenters. The Hall–Kier alpha value is -1.64. The maximum atomic E-state index is 5.94. The third-order valence-corrected chi connectivity index (χ3v) is 3.88. The molecule has 2 heteroatoms. The summed E-state index contributed by atoms with van der Waals surface area (Å²) in [5.74, 6) is 0. The fourth-order valence-electron chi connectivity index (χ4n) is 2.60. The Morgan fingerprint density at radius 1 is 0.810 bits per heavy atom. The molecule has 0 spiro atoms. The molecule has 0 unspecified atom stereocenters. The summed E-state index contributed by atoms with van der Waals surface area (Å²) >= 11 is 0. The molecule has 0 aliphatic carbocycles. The van der Waals surface area contributed by atoms with E-state index < -0.39 is 0 Å². The largest absolute Gasteiger partial charge is 0.369 e. The van der Waals surface area contributed by atoms with Gasteiger partial charge in [-0.25, -0.2) is 0 Å². The molecule has 2 nitrogen and oxygen atoms in total. The number of nitrogens with two attached hydrogens (primary N) is 1. The van der Waals surface area contributed by atoms with Gasteiger partial charge in [0.05, 0.1) is 0 Å². The Morgan fingerprint density at radius 3 is 1.38 bits per heavy atom. The van der Waals surface area contributed by atoms with E-state index in [-0.39, 0.29) is 5.60 Å². The van der Waals surface area contributed by atoms with Crippen LogP contribution in [0.15, 0.2) is 48.5 Å². The first-order valence-corrected chi connectivity index (χ1v) is 7.39. The van der Waals surface area contributed by atoms with Crippen LogP contribution in [0.25, 0.3) is 0 Å². The van der Waals surface area contributed by atoms with E-state index >= 15 is 0 Å². The minimum absolute atomic E-state index is 0.346. The van der Waals surface area contributed by atoms with E-state index in [4.69, 9.17) is 4.74 Å². The van der Waals surface area contributed by atoms with Gasteiger partial charge >= 0.3 is 0 Å². The zero-order valence-electron chi connectivity index (χ0n) is 13.8. The number of hydrogen-bond donors (Lipinski definition) is 1. The van der Waals surface area contributed by atoms with E-state index in [9.17, 15) is 0 Å². The van der Waals surface area contributed by atoms with Gasteiger partial charge in [0.25, 0.3) is 0 Å². The van der Waals surface area contributed by atoms with E-state index in [1.165, 1.54) is 29.3 Å². The Morgan fingerprint density at radius 2 is 1.14 bits per heavy atom. The summed E-state index contributed by atoms with van der Waals surface area (Å²) in [6.07, 6.45) is 0.912. The van der Waals surface area contributed by atoms with Crippen LogP contribution < -0.4 is 5.73 Å². The molecule has 114 valence electrons. The smallest absolute Gasteiger partial charge is 0.117 e. The summed E-state index contributed by atoms with van der Waals surface area (Å²) in [6.45, 7) is 6.38. The second-order valence-corrected chi connectivity index (χ2v) is 5.12. The molecule has 2 rings (SSSR count). The lowest BCUT2D eigenvalue weighted by atomic mass is 9.83. The van der Waals surface area contributed by atoms with E-state index in [1.54, 1.807) is 7.11 Å². The lowest BCUT2D eigenvalue weighted by Crippen LogP contribution is -2.29. The quantitative estimate of drug-likeness (QED) is 0.914. The Labute approximate surface area is 129 Å². The normalized spacial score (nSPS) is 10.8. The first-order valence-electron chi connectivity index (χ1n) is 7.39. The number of rotatable bonds is 4. The van der Waals surface area contributed by atoms with Crippen molar-refractivity contribution in [1.29, 1.82) is 0 Å². The van der Waals surface area contributed by atoms with Crippen molar-refractivity contribution in [3.8, 4) is 0 Å². The van der Waals surface area contributed by atoms with Crippen LogP contribution in [-0.2, 0) is 10.3 Å². The Kier molecular flexibility index (Phi) is 6.60. The molecule has 2 N–H and O–H groups in total. The van der Waals surface area contributed by atoms with Crippen LogP contribution in [0, 0.1) is 13.8 Å². The molecule has 0 saturated heterocycles. The van der Waals surface area contributed by atoms with E-state index in [0.717, 1.165) is 6.42 Å². The van der Waals surface area contributed by atoms with Gasteiger partial charge in [-0.2, -0.15) is 0 Å². The summed E-state index contributed by atoms with van der Waals surface area (Å²) in [5, 5.41) is 0. The zero-order chi connectivity index (χ0) is 15.9. The molecule has 2 aromatic carbocycles. The molecule has 0 aromatic heterocycles. The molecule has 2 aromatic rings. The fraction of sp³-hybridized carbons (Fsp3) is 0.368. The van der Waals surface area contributed by atoms with Crippen molar-refractivity contribution in [2.24, 2.45) is 5.73 Å². The minimum atomic E-state index is -0.346. The monoisotopic (exact) mass is 285 g/mol. The van der Waals surface area contributed by atoms with Gasteiger partial charge in [-0.3, -0.25) is 0 Å². The van der Waals surface area contributed by atoms with Crippen LogP contribution in [0.2, 0.25) is 0 Å². The number of methoxy groups -OCH3 is 1. The van der Waals surface area contributed by atoms with Crippen LogP contribution in [0.1, 0.15) is 35.6 Å². The van der Waals surface area contributed by atoms with Crippen LogP contribution in [0.3, 0.4) is 0 Å². The Balaban J connectivity index is 0.00000106. The molecule has 0 bridgehead atoms. The molecule has 0 amide bonds. The summed E-state index contributed by atoms with van der Waals surface area (Å²) in [6, 6.07) is 17.3. The SMILES string of the molecule is CCC(OC)(c1ccc(C)cc1)c1ccc(C)cc1.CN. The molecule has 0 aliphatic rings. The highest BCUT2D eigenvalue weighted by atomic mass is 16.5. The summed E-state index contributed by atoms with van der Waals surface area (Å²) in [4.78, 5) is 0. The number of aryl methyl sites for hydroxylation is 2. The highest BCUT2D eigenvalue weighted by Gasteiger charge is 2.32. The van der Waals surface area contributed by atoms with Crippen LogP contribution in [0.4, 0.5) is 0 Å². The average Bonchev–Trinajstić information content (AvgIpc) is 2.54.